The van der Waals surface area contributed by atoms with E-state index >= 15 is 0 Å². The van der Waals surface area contributed by atoms with Crippen LogP contribution in [-0.4, -0.2) is 32.9 Å². The zero-order valence-electron chi connectivity index (χ0n) is 20.0. The second-order valence-corrected chi connectivity index (χ2v) is 8.31. The van der Waals surface area contributed by atoms with Gasteiger partial charge in [0.15, 0.2) is 5.82 Å². The van der Waals surface area contributed by atoms with Gasteiger partial charge in [-0.1, -0.05) is 11.6 Å². The van der Waals surface area contributed by atoms with Crippen molar-refractivity contribution in [2.24, 2.45) is 0 Å². The largest absolute Gasteiger partial charge is 0.495 e. The van der Waals surface area contributed by atoms with E-state index in [1.54, 1.807) is 60.1 Å². The fourth-order valence-corrected chi connectivity index (χ4v) is 3.59. The maximum Gasteiger partial charge on any atom is 0.323 e. The number of hydrogen-bond donors (Lipinski definition) is 2. The first-order valence-corrected chi connectivity index (χ1v) is 11.2. The first kappa shape index (κ1) is 24.0. The summed E-state index contributed by atoms with van der Waals surface area (Å²) < 4.78 is 13.0. The van der Waals surface area contributed by atoms with E-state index in [4.69, 9.17) is 21.1 Å². The van der Waals surface area contributed by atoms with Crippen molar-refractivity contribution >= 4 is 29.0 Å². The van der Waals surface area contributed by atoms with Gasteiger partial charge in [-0.2, -0.15) is 10.1 Å². The molecule has 10 heteroatoms. The predicted octanol–water partition coefficient (Wildman–Crippen LogP) is 5.99. The summed E-state index contributed by atoms with van der Waals surface area (Å²) in [6.07, 6.45) is 0. The zero-order chi connectivity index (χ0) is 25.1. The minimum Gasteiger partial charge on any atom is -0.495 e. The number of methoxy groups -OCH3 is 1. The molecule has 2 aromatic heterocycles. The van der Waals surface area contributed by atoms with Gasteiger partial charge < -0.3 is 20.1 Å². The van der Waals surface area contributed by atoms with E-state index in [0.717, 1.165) is 17.0 Å². The number of ether oxygens (including phenoxy) is 2. The number of rotatable bonds is 6. The third-order valence-corrected chi connectivity index (χ3v) is 5.65. The van der Waals surface area contributed by atoms with E-state index < -0.39 is 6.03 Å². The maximum atomic E-state index is 12.4. The Bertz CT molecular complexity index is 1380. The van der Waals surface area contributed by atoms with E-state index in [1.807, 2.05) is 20.8 Å². The topological polar surface area (TPSA) is 103 Å². The van der Waals surface area contributed by atoms with Crippen molar-refractivity contribution in [2.75, 3.05) is 17.7 Å². The quantitative estimate of drug-likeness (QED) is 0.342. The molecule has 0 bridgehead atoms. The molecule has 9 nitrogen and oxygen atoms in total. The van der Waals surface area contributed by atoms with Crippen LogP contribution >= 0.6 is 11.6 Å². The first-order valence-electron chi connectivity index (χ1n) is 10.8. The molecular weight excluding hydrogens is 468 g/mol. The number of anilines is 2. The highest BCUT2D eigenvalue weighted by Crippen LogP contribution is 2.28. The summed E-state index contributed by atoms with van der Waals surface area (Å²) in [7, 11) is 1.52. The molecule has 0 aliphatic carbocycles. The molecule has 0 radical (unpaired) electrons. The fourth-order valence-electron chi connectivity index (χ4n) is 3.42. The lowest BCUT2D eigenvalue weighted by Crippen LogP contribution is -2.19. The lowest BCUT2D eigenvalue weighted by molar-refractivity contribution is 0.262. The van der Waals surface area contributed by atoms with Crippen molar-refractivity contribution < 1.29 is 14.3 Å². The molecule has 2 N–H and O–H groups in total. The van der Waals surface area contributed by atoms with E-state index in [9.17, 15) is 4.79 Å². The molecule has 180 valence electrons. The van der Waals surface area contributed by atoms with Crippen molar-refractivity contribution in [1.29, 1.82) is 0 Å². The number of halogens is 1. The summed E-state index contributed by atoms with van der Waals surface area (Å²) in [6, 6.07) is 13.2. The molecule has 0 saturated heterocycles. The van der Waals surface area contributed by atoms with Crippen LogP contribution in [0.15, 0.2) is 48.5 Å². The third kappa shape index (κ3) is 5.52. The number of urea groups is 1. The van der Waals surface area contributed by atoms with Crippen molar-refractivity contribution in [3.63, 3.8) is 0 Å². The van der Waals surface area contributed by atoms with Gasteiger partial charge in [-0.3, -0.25) is 0 Å². The summed E-state index contributed by atoms with van der Waals surface area (Å²) >= 11 is 6.02. The second-order valence-electron chi connectivity index (χ2n) is 7.87. The average molecular weight is 493 g/mol. The molecule has 0 saturated carbocycles. The van der Waals surface area contributed by atoms with Gasteiger partial charge in [0.25, 0.3) is 0 Å². The minimum absolute atomic E-state index is 0.393. The molecular formula is C25H25ClN6O3. The number of nitrogens with one attached hydrogen (secondary N) is 2. The summed E-state index contributed by atoms with van der Waals surface area (Å²) in [4.78, 5) is 21.3. The number of carbonyl (C=O) groups excluding carboxylic acids is 1. The average Bonchev–Trinajstić information content (AvgIpc) is 3.07. The van der Waals surface area contributed by atoms with Gasteiger partial charge in [-0.15, -0.1) is 0 Å². The summed E-state index contributed by atoms with van der Waals surface area (Å²) in [5.41, 5.74) is 4.11. The van der Waals surface area contributed by atoms with Crippen LogP contribution in [0.5, 0.6) is 17.4 Å². The van der Waals surface area contributed by atoms with Crippen LogP contribution in [0.4, 0.5) is 16.2 Å². The molecule has 0 aliphatic rings. The summed E-state index contributed by atoms with van der Waals surface area (Å²) in [5.74, 6) is 2.65. The summed E-state index contributed by atoms with van der Waals surface area (Å²) in [5, 5.41) is 10.5. The minimum atomic E-state index is -0.435. The summed E-state index contributed by atoms with van der Waals surface area (Å²) in [6.45, 7) is 7.79. The van der Waals surface area contributed by atoms with Crippen LogP contribution in [0.1, 0.15) is 22.8 Å². The number of amides is 2. The Balaban J connectivity index is 1.45. The number of aryl methyl sites for hydroxylation is 2. The molecule has 0 fully saturated rings. The van der Waals surface area contributed by atoms with Crippen LogP contribution in [0.3, 0.4) is 0 Å². The Labute approximate surface area is 208 Å². The highest BCUT2D eigenvalue weighted by atomic mass is 35.5. The van der Waals surface area contributed by atoms with Crippen molar-refractivity contribution in [1.82, 2.24) is 19.7 Å². The normalized spacial score (nSPS) is 10.7. The highest BCUT2D eigenvalue weighted by Gasteiger charge is 2.13. The predicted molar refractivity (Wildman–Crippen MR) is 135 cm³/mol. The van der Waals surface area contributed by atoms with Gasteiger partial charge in [0.2, 0.25) is 5.88 Å². The number of benzene rings is 2. The van der Waals surface area contributed by atoms with Gasteiger partial charge in [0, 0.05) is 22.5 Å². The van der Waals surface area contributed by atoms with Crippen molar-refractivity contribution in [3.8, 4) is 23.2 Å². The fraction of sp³-hybridized carbons (Fsp3) is 0.200. The monoisotopic (exact) mass is 492 g/mol. The van der Waals surface area contributed by atoms with Crippen LogP contribution in [0.2, 0.25) is 5.02 Å². The second kappa shape index (κ2) is 10.0. The molecule has 0 unspecified atom stereocenters. The molecule has 2 heterocycles. The van der Waals surface area contributed by atoms with Gasteiger partial charge in [0.1, 0.15) is 17.3 Å². The highest BCUT2D eigenvalue weighted by molar-refractivity contribution is 6.31. The standard InChI is InChI=1S/C25H25ClN6O3/c1-14-15(2)31-32(16(14)3)23-13-24(28-17(4)27-23)35-20-9-7-19(8-10-20)29-25(33)30-21-12-18(26)6-11-22(21)34-5/h6-13H,1-5H3,(H2,29,30,33). The van der Waals surface area contributed by atoms with Crippen LogP contribution < -0.4 is 20.1 Å². The SMILES string of the molecule is COc1ccc(Cl)cc1NC(=O)Nc1ccc(Oc2cc(-n3nc(C)c(C)c3C)nc(C)n2)cc1. The Kier molecular flexibility index (Phi) is 6.88. The van der Waals surface area contributed by atoms with E-state index in [-0.39, 0.29) is 0 Å². The zero-order valence-corrected chi connectivity index (χ0v) is 20.8. The molecule has 4 rings (SSSR count). The number of aromatic nitrogens is 4. The Morgan fingerprint density at radius 2 is 1.71 bits per heavy atom. The molecule has 2 amide bonds. The van der Waals surface area contributed by atoms with Gasteiger partial charge in [0.05, 0.1) is 18.5 Å². The molecule has 35 heavy (non-hydrogen) atoms. The van der Waals surface area contributed by atoms with Gasteiger partial charge >= 0.3 is 6.03 Å². The lowest BCUT2D eigenvalue weighted by Gasteiger charge is -2.12. The van der Waals surface area contributed by atoms with E-state index in [0.29, 0.717) is 45.4 Å². The van der Waals surface area contributed by atoms with Gasteiger partial charge in [-0.05, 0) is 75.7 Å². The maximum absolute atomic E-state index is 12.4. The van der Waals surface area contributed by atoms with Gasteiger partial charge in [-0.25, -0.2) is 14.5 Å². The van der Waals surface area contributed by atoms with Crippen LogP contribution in [0, 0.1) is 27.7 Å². The number of hydrogen-bond acceptors (Lipinski definition) is 6. The van der Waals surface area contributed by atoms with Crippen molar-refractivity contribution in [3.05, 3.63) is 76.3 Å². The lowest BCUT2D eigenvalue weighted by atomic mass is 10.2. The smallest absolute Gasteiger partial charge is 0.323 e. The van der Waals surface area contributed by atoms with Crippen LogP contribution in [-0.2, 0) is 0 Å². The molecule has 4 aromatic rings. The molecule has 0 atom stereocenters. The Morgan fingerprint density at radius 3 is 2.37 bits per heavy atom. The van der Waals surface area contributed by atoms with E-state index in [2.05, 4.69) is 25.7 Å². The van der Waals surface area contributed by atoms with Crippen LogP contribution in [0.25, 0.3) is 5.82 Å². The van der Waals surface area contributed by atoms with Crippen molar-refractivity contribution in [2.45, 2.75) is 27.7 Å². The molecule has 0 aliphatic heterocycles. The molecule has 0 spiro atoms. The number of carbonyl (C=O) groups is 1. The van der Waals surface area contributed by atoms with E-state index in [1.165, 1.54) is 7.11 Å². The molecule has 2 aromatic carbocycles. The Hall–Kier alpha value is -4.11. The third-order valence-electron chi connectivity index (χ3n) is 5.42. The first-order chi connectivity index (χ1) is 16.7. The Morgan fingerprint density at radius 1 is 0.971 bits per heavy atom. The number of nitrogens with zero attached hydrogens (tertiary/aromatic N) is 4.